The molecule has 0 aliphatic rings. The number of hydrogen-bond donors (Lipinski definition) is 2. The average Bonchev–Trinajstić information content (AvgIpc) is 2.77. The Morgan fingerprint density at radius 1 is 1.43 bits per heavy atom. The first-order chi connectivity index (χ1) is 9.78. The number of fused-ring (bicyclic) bond motifs is 1. The molecule has 0 aliphatic heterocycles. The standard InChI is InChI=1S/C10H13F2N4O4P/c1-6-13-4-14-10-7(3-15-16(6)10)2-8(9(11)12)20-5-21(17,18)19/h3-4,8-9H,2,5H2,1H3,(H2,17,18,19)/t8-/m0/s1. The Balaban J connectivity index is 2.19. The molecule has 0 aromatic carbocycles. The molecular formula is C10H13F2N4O4P. The Hall–Kier alpha value is -1.48. The second kappa shape index (κ2) is 6.10. The summed E-state index contributed by atoms with van der Waals surface area (Å²) in [6, 6.07) is 0. The highest BCUT2D eigenvalue weighted by atomic mass is 31.2. The minimum Gasteiger partial charge on any atom is -0.359 e. The van der Waals surface area contributed by atoms with Crippen LogP contribution in [0.4, 0.5) is 8.78 Å². The maximum atomic E-state index is 12.9. The minimum absolute atomic E-state index is 0.266. The maximum Gasteiger partial charge on any atom is 0.350 e. The lowest BCUT2D eigenvalue weighted by molar-refractivity contribution is -0.0425. The number of ether oxygens (including phenoxy) is 1. The van der Waals surface area contributed by atoms with Gasteiger partial charge in [-0.2, -0.15) is 5.10 Å². The van der Waals surface area contributed by atoms with Crippen molar-refractivity contribution >= 4 is 13.2 Å². The van der Waals surface area contributed by atoms with Crippen LogP contribution in [-0.2, 0) is 15.7 Å². The molecular weight excluding hydrogens is 309 g/mol. The molecule has 0 spiro atoms. The quantitative estimate of drug-likeness (QED) is 0.756. The Bertz CT molecular complexity index is 674. The number of aryl methyl sites for hydroxylation is 1. The van der Waals surface area contributed by atoms with E-state index in [0.717, 1.165) is 0 Å². The van der Waals surface area contributed by atoms with Crippen molar-refractivity contribution < 1.29 is 27.9 Å². The zero-order valence-corrected chi connectivity index (χ0v) is 11.8. The van der Waals surface area contributed by atoms with Gasteiger partial charge in [-0.1, -0.05) is 0 Å². The van der Waals surface area contributed by atoms with Crippen LogP contribution in [0, 0.1) is 6.92 Å². The molecule has 0 unspecified atom stereocenters. The van der Waals surface area contributed by atoms with Gasteiger partial charge in [0, 0.05) is 12.0 Å². The molecule has 0 aliphatic carbocycles. The van der Waals surface area contributed by atoms with E-state index >= 15 is 0 Å². The lowest BCUT2D eigenvalue weighted by Crippen LogP contribution is -2.25. The second-order valence-electron chi connectivity index (χ2n) is 4.36. The van der Waals surface area contributed by atoms with Gasteiger partial charge in [-0.05, 0) is 6.92 Å². The number of nitrogens with zero attached hydrogens (tertiary/aromatic N) is 4. The summed E-state index contributed by atoms with van der Waals surface area (Å²) >= 11 is 0. The van der Waals surface area contributed by atoms with Crippen LogP contribution < -0.4 is 0 Å². The van der Waals surface area contributed by atoms with E-state index in [4.69, 9.17) is 9.79 Å². The fourth-order valence-corrected chi connectivity index (χ4v) is 2.13. The number of halogens is 2. The molecule has 2 aromatic heterocycles. The van der Waals surface area contributed by atoms with Gasteiger partial charge >= 0.3 is 7.60 Å². The smallest absolute Gasteiger partial charge is 0.350 e. The molecule has 0 saturated carbocycles. The molecule has 0 bridgehead atoms. The van der Waals surface area contributed by atoms with Crippen molar-refractivity contribution in [3.63, 3.8) is 0 Å². The summed E-state index contributed by atoms with van der Waals surface area (Å²) in [7, 11) is -4.51. The molecule has 0 fully saturated rings. The van der Waals surface area contributed by atoms with E-state index in [9.17, 15) is 13.3 Å². The van der Waals surface area contributed by atoms with Crippen LogP contribution in [-0.4, -0.2) is 48.2 Å². The molecule has 0 amide bonds. The first-order valence-corrected chi connectivity index (χ1v) is 7.66. The van der Waals surface area contributed by atoms with Crippen LogP contribution in [0.25, 0.3) is 5.65 Å². The lowest BCUT2D eigenvalue weighted by atomic mass is 10.1. The van der Waals surface area contributed by atoms with Crippen molar-refractivity contribution in [3.05, 3.63) is 23.9 Å². The van der Waals surface area contributed by atoms with Gasteiger partial charge in [0.15, 0.2) is 5.65 Å². The summed E-state index contributed by atoms with van der Waals surface area (Å²) in [5.41, 5.74) is 0.740. The zero-order chi connectivity index (χ0) is 15.6. The number of aromatic nitrogens is 4. The van der Waals surface area contributed by atoms with E-state index in [2.05, 4.69) is 19.8 Å². The highest BCUT2D eigenvalue weighted by Crippen LogP contribution is 2.35. The summed E-state index contributed by atoms with van der Waals surface area (Å²) in [6.07, 6.45) is -3.24. The van der Waals surface area contributed by atoms with Crippen LogP contribution in [0.15, 0.2) is 12.5 Å². The normalized spacial score (nSPS) is 14.0. The first-order valence-electron chi connectivity index (χ1n) is 5.86. The minimum atomic E-state index is -4.51. The van der Waals surface area contributed by atoms with E-state index in [1.165, 1.54) is 17.0 Å². The topological polar surface area (TPSA) is 110 Å². The van der Waals surface area contributed by atoms with Gasteiger partial charge in [0.1, 0.15) is 24.6 Å². The highest BCUT2D eigenvalue weighted by Gasteiger charge is 2.27. The average molecular weight is 322 g/mol. The molecule has 2 N–H and O–H groups in total. The molecule has 11 heteroatoms. The van der Waals surface area contributed by atoms with Crippen molar-refractivity contribution in [1.82, 2.24) is 19.6 Å². The summed E-state index contributed by atoms with van der Waals surface area (Å²) < 4.78 is 42.5. The molecule has 2 rings (SSSR count). The highest BCUT2D eigenvalue weighted by molar-refractivity contribution is 7.51. The van der Waals surface area contributed by atoms with Crippen LogP contribution in [0.3, 0.4) is 0 Å². The summed E-state index contributed by atoms with van der Waals surface area (Å²) in [6.45, 7) is 1.68. The Labute approximate surface area is 117 Å². The van der Waals surface area contributed by atoms with Gasteiger partial charge in [0.05, 0.1) is 6.20 Å². The zero-order valence-electron chi connectivity index (χ0n) is 10.9. The maximum absolute atomic E-state index is 12.9. The predicted octanol–water partition coefficient (Wildman–Crippen LogP) is 0.761. The van der Waals surface area contributed by atoms with E-state index in [0.29, 0.717) is 17.0 Å². The predicted molar refractivity (Wildman–Crippen MR) is 67.0 cm³/mol. The van der Waals surface area contributed by atoms with Gasteiger partial charge < -0.3 is 14.5 Å². The van der Waals surface area contributed by atoms with Crippen molar-refractivity contribution in [3.8, 4) is 0 Å². The number of hydrogen-bond acceptors (Lipinski definition) is 5. The van der Waals surface area contributed by atoms with Crippen LogP contribution in [0.5, 0.6) is 0 Å². The Morgan fingerprint density at radius 2 is 2.14 bits per heavy atom. The molecule has 2 aromatic rings. The Kier molecular flexibility index (Phi) is 4.62. The number of rotatable bonds is 6. The van der Waals surface area contributed by atoms with Crippen molar-refractivity contribution in [2.45, 2.75) is 25.9 Å². The third-order valence-corrected chi connectivity index (χ3v) is 3.19. The molecule has 0 saturated heterocycles. The van der Waals surface area contributed by atoms with E-state index in [-0.39, 0.29) is 6.42 Å². The molecule has 1 atom stereocenters. The van der Waals surface area contributed by atoms with Crippen molar-refractivity contribution in [1.29, 1.82) is 0 Å². The monoisotopic (exact) mass is 322 g/mol. The third kappa shape index (κ3) is 4.01. The fraction of sp³-hybridized carbons (Fsp3) is 0.500. The SMILES string of the molecule is Cc1ncnc2c(C[C@H](OCP(=O)(O)O)C(F)F)cnn12. The van der Waals surface area contributed by atoms with Crippen molar-refractivity contribution in [2.24, 2.45) is 0 Å². The summed E-state index contributed by atoms with van der Waals surface area (Å²) in [4.78, 5) is 25.2. The first kappa shape index (κ1) is 15.9. The summed E-state index contributed by atoms with van der Waals surface area (Å²) in [5, 5.41) is 3.98. The molecule has 21 heavy (non-hydrogen) atoms. The third-order valence-electron chi connectivity index (χ3n) is 2.71. The van der Waals surface area contributed by atoms with Gasteiger partial charge in [-0.25, -0.2) is 23.3 Å². The summed E-state index contributed by atoms with van der Waals surface area (Å²) in [5.74, 6) is 0.538. The fourth-order valence-electron chi connectivity index (χ4n) is 1.75. The van der Waals surface area contributed by atoms with Crippen LogP contribution >= 0.6 is 7.60 Å². The largest absolute Gasteiger partial charge is 0.359 e. The molecule has 116 valence electrons. The van der Waals surface area contributed by atoms with Crippen molar-refractivity contribution in [2.75, 3.05) is 6.35 Å². The molecule has 0 radical (unpaired) electrons. The van der Waals surface area contributed by atoms with Gasteiger partial charge in [-0.3, -0.25) is 4.57 Å². The van der Waals surface area contributed by atoms with Crippen LogP contribution in [0.1, 0.15) is 11.4 Å². The molecule has 2 heterocycles. The number of alkyl halides is 2. The van der Waals surface area contributed by atoms with Crippen LogP contribution in [0.2, 0.25) is 0 Å². The van der Waals surface area contributed by atoms with Gasteiger partial charge in [-0.15, -0.1) is 0 Å². The van der Waals surface area contributed by atoms with E-state index in [1.54, 1.807) is 6.92 Å². The van der Waals surface area contributed by atoms with Gasteiger partial charge in [0.25, 0.3) is 6.43 Å². The second-order valence-corrected chi connectivity index (χ2v) is 5.95. The molecule has 8 nitrogen and oxygen atoms in total. The van der Waals surface area contributed by atoms with Gasteiger partial charge in [0.2, 0.25) is 0 Å². The Morgan fingerprint density at radius 3 is 2.76 bits per heavy atom. The lowest BCUT2D eigenvalue weighted by Gasteiger charge is -2.16. The van der Waals surface area contributed by atoms with E-state index in [1.807, 2.05) is 0 Å². The van der Waals surface area contributed by atoms with E-state index < -0.39 is 26.5 Å².